The molecule has 2 saturated heterocycles. The summed E-state index contributed by atoms with van der Waals surface area (Å²) < 4.78 is 31.8. The normalized spacial score (nSPS) is 21.8. The van der Waals surface area contributed by atoms with Gasteiger partial charge in [-0.15, -0.1) is 0 Å². The molecule has 2 aliphatic heterocycles. The number of piperidine rings is 1. The molecule has 1 aromatic carbocycles. The van der Waals surface area contributed by atoms with Crippen LogP contribution in [0.2, 0.25) is 0 Å². The molecule has 174 valence electrons. The molecule has 0 bridgehead atoms. The topological polar surface area (TPSA) is 79.0 Å². The van der Waals surface area contributed by atoms with Crippen LogP contribution >= 0.6 is 0 Å². The van der Waals surface area contributed by atoms with Gasteiger partial charge in [-0.25, -0.2) is 12.7 Å². The third-order valence-electron chi connectivity index (χ3n) is 6.16. The molecule has 31 heavy (non-hydrogen) atoms. The molecule has 0 spiro atoms. The van der Waals surface area contributed by atoms with E-state index in [4.69, 9.17) is 4.74 Å². The number of carbonyl (C=O) groups excluding carboxylic acids is 1. The molecule has 1 atom stereocenters. The number of unbranched alkanes of at least 4 members (excludes halogenated alkanes) is 1. The minimum absolute atomic E-state index is 0.0259. The molecule has 2 heterocycles. The Bertz CT molecular complexity index is 822. The molecule has 1 N–H and O–H groups in total. The van der Waals surface area contributed by atoms with Gasteiger partial charge in [-0.05, 0) is 37.3 Å². The monoisotopic (exact) mass is 451 g/mol. The first-order valence-corrected chi connectivity index (χ1v) is 13.2. The minimum Gasteiger partial charge on any atom is -0.376 e. The fraction of sp³-hybridized carbons (Fsp3) is 0.696. The number of hydrogen-bond donors (Lipinski definition) is 1. The minimum atomic E-state index is -3.18. The number of morpholine rings is 1. The van der Waals surface area contributed by atoms with Crippen molar-refractivity contribution in [1.82, 2.24) is 14.5 Å². The number of carbonyl (C=O) groups is 1. The summed E-state index contributed by atoms with van der Waals surface area (Å²) >= 11 is 0. The second-order valence-electron chi connectivity index (χ2n) is 8.80. The fourth-order valence-electron chi connectivity index (χ4n) is 4.32. The zero-order valence-electron chi connectivity index (χ0n) is 18.9. The lowest BCUT2D eigenvalue weighted by Crippen LogP contribution is -2.43. The summed E-state index contributed by atoms with van der Waals surface area (Å²) in [5, 5.41) is 3.05. The smallest absolute Gasteiger partial charge is 0.223 e. The number of ether oxygens (including phenoxy) is 1. The average molecular weight is 452 g/mol. The van der Waals surface area contributed by atoms with E-state index in [2.05, 4.69) is 29.3 Å². The number of amides is 1. The molecule has 1 amide bonds. The highest BCUT2D eigenvalue weighted by molar-refractivity contribution is 7.89. The van der Waals surface area contributed by atoms with Gasteiger partial charge < -0.3 is 10.1 Å². The SMILES string of the molecule is CCCCS(=O)(=O)N1CCC(C(=O)NCc2cccc(CN3CCOC(C)C3)c2)CC1. The Morgan fingerprint density at radius 1 is 1.19 bits per heavy atom. The highest BCUT2D eigenvalue weighted by atomic mass is 32.2. The lowest BCUT2D eigenvalue weighted by molar-refractivity contribution is -0.126. The maximum absolute atomic E-state index is 12.6. The maximum Gasteiger partial charge on any atom is 0.223 e. The van der Waals surface area contributed by atoms with Gasteiger partial charge >= 0.3 is 0 Å². The first kappa shape index (κ1) is 24.2. The summed E-state index contributed by atoms with van der Waals surface area (Å²) in [6.45, 7) is 9.02. The second kappa shape index (κ2) is 11.4. The summed E-state index contributed by atoms with van der Waals surface area (Å²) in [4.78, 5) is 15.0. The van der Waals surface area contributed by atoms with E-state index in [0.29, 0.717) is 38.9 Å². The Hall–Kier alpha value is -1.48. The van der Waals surface area contributed by atoms with Crippen LogP contribution in [0, 0.1) is 5.92 Å². The average Bonchev–Trinajstić information content (AvgIpc) is 2.76. The van der Waals surface area contributed by atoms with E-state index in [0.717, 1.165) is 38.2 Å². The Labute approximate surface area is 187 Å². The van der Waals surface area contributed by atoms with Crippen molar-refractivity contribution in [2.45, 2.75) is 58.7 Å². The summed E-state index contributed by atoms with van der Waals surface area (Å²) in [6, 6.07) is 8.36. The first-order chi connectivity index (χ1) is 14.9. The third kappa shape index (κ3) is 7.27. The van der Waals surface area contributed by atoms with E-state index in [-0.39, 0.29) is 23.7 Å². The standard InChI is InChI=1S/C23H37N3O4S/c1-3-4-14-31(28,29)26-10-8-22(9-11-26)23(27)24-16-20-6-5-7-21(15-20)18-25-12-13-30-19(2)17-25/h5-7,15,19,22H,3-4,8-14,16-18H2,1-2H3,(H,24,27). The van der Waals surface area contributed by atoms with Crippen LogP contribution in [0.1, 0.15) is 50.7 Å². The van der Waals surface area contributed by atoms with Crippen molar-refractivity contribution >= 4 is 15.9 Å². The van der Waals surface area contributed by atoms with Crippen molar-refractivity contribution in [2.75, 3.05) is 38.5 Å². The van der Waals surface area contributed by atoms with Gasteiger partial charge in [0.1, 0.15) is 0 Å². The van der Waals surface area contributed by atoms with E-state index < -0.39 is 10.0 Å². The van der Waals surface area contributed by atoms with E-state index in [1.54, 1.807) is 4.31 Å². The van der Waals surface area contributed by atoms with Crippen LogP contribution in [-0.2, 0) is 32.6 Å². The Kier molecular flexibility index (Phi) is 8.89. The number of benzene rings is 1. The molecule has 0 saturated carbocycles. The first-order valence-electron chi connectivity index (χ1n) is 11.5. The molecule has 2 fully saturated rings. The zero-order chi connectivity index (χ0) is 22.3. The van der Waals surface area contributed by atoms with Crippen LogP contribution in [0.5, 0.6) is 0 Å². The number of rotatable bonds is 9. The van der Waals surface area contributed by atoms with Gasteiger partial charge in [0.25, 0.3) is 0 Å². The van der Waals surface area contributed by atoms with Gasteiger partial charge in [-0.3, -0.25) is 9.69 Å². The molecule has 7 nitrogen and oxygen atoms in total. The number of hydrogen-bond acceptors (Lipinski definition) is 5. The Morgan fingerprint density at radius 3 is 2.65 bits per heavy atom. The zero-order valence-corrected chi connectivity index (χ0v) is 19.7. The molecule has 3 rings (SSSR count). The second-order valence-corrected chi connectivity index (χ2v) is 10.9. The van der Waals surface area contributed by atoms with Gasteiger partial charge in [0, 0.05) is 45.2 Å². The van der Waals surface area contributed by atoms with Gasteiger partial charge in [0.2, 0.25) is 15.9 Å². The summed E-state index contributed by atoms with van der Waals surface area (Å²) in [5.74, 6) is 0.119. The van der Waals surface area contributed by atoms with Crippen molar-refractivity contribution < 1.29 is 17.9 Å². The highest BCUT2D eigenvalue weighted by Crippen LogP contribution is 2.21. The van der Waals surface area contributed by atoms with Gasteiger partial charge in [0.15, 0.2) is 0 Å². The van der Waals surface area contributed by atoms with Crippen molar-refractivity contribution in [3.05, 3.63) is 35.4 Å². The Balaban J connectivity index is 1.45. The Morgan fingerprint density at radius 2 is 1.94 bits per heavy atom. The van der Waals surface area contributed by atoms with Gasteiger partial charge in [-0.1, -0.05) is 37.6 Å². The molecule has 1 unspecified atom stereocenters. The van der Waals surface area contributed by atoms with Gasteiger partial charge in [0.05, 0.1) is 18.5 Å². The van der Waals surface area contributed by atoms with Crippen LogP contribution < -0.4 is 5.32 Å². The van der Waals surface area contributed by atoms with E-state index in [1.165, 1.54) is 5.56 Å². The lowest BCUT2D eigenvalue weighted by atomic mass is 9.97. The van der Waals surface area contributed by atoms with Crippen LogP contribution in [0.3, 0.4) is 0 Å². The third-order valence-corrected chi connectivity index (χ3v) is 8.12. The number of sulfonamides is 1. The molecule has 0 aliphatic carbocycles. The van der Waals surface area contributed by atoms with E-state index in [1.807, 2.05) is 19.1 Å². The van der Waals surface area contributed by atoms with Gasteiger partial charge in [-0.2, -0.15) is 0 Å². The molecular weight excluding hydrogens is 414 g/mol. The lowest BCUT2D eigenvalue weighted by Gasteiger charge is -2.31. The highest BCUT2D eigenvalue weighted by Gasteiger charge is 2.30. The molecule has 0 radical (unpaired) electrons. The molecule has 2 aliphatic rings. The van der Waals surface area contributed by atoms with E-state index in [9.17, 15) is 13.2 Å². The summed E-state index contributed by atoms with van der Waals surface area (Å²) in [5.41, 5.74) is 2.33. The molecule has 8 heteroatoms. The fourth-order valence-corrected chi connectivity index (χ4v) is 5.99. The van der Waals surface area contributed by atoms with Crippen LogP contribution in [-0.4, -0.2) is 68.2 Å². The van der Waals surface area contributed by atoms with Crippen molar-refractivity contribution in [2.24, 2.45) is 5.92 Å². The van der Waals surface area contributed by atoms with Crippen LogP contribution in [0.4, 0.5) is 0 Å². The molecule has 0 aromatic heterocycles. The van der Waals surface area contributed by atoms with Crippen molar-refractivity contribution in [3.8, 4) is 0 Å². The molecular formula is C23H37N3O4S. The maximum atomic E-state index is 12.6. The predicted octanol–water partition coefficient (Wildman–Crippen LogP) is 2.37. The van der Waals surface area contributed by atoms with Crippen LogP contribution in [0.25, 0.3) is 0 Å². The number of nitrogens with one attached hydrogen (secondary N) is 1. The molecule has 1 aromatic rings. The summed E-state index contributed by atoms with van der Waals surface area (Å²) in [6.07, 6.45) is 3.00. The predicted molar refractivity (Wildman–Crippen MR) is 122 cm³/mol. The van der Waals surface area contributed by atoms with Crippen molar-refractivity contribution in [3.63, 3.8) is 0 Å². The van der Waals surface area contributed by atoms with Crippen molar-refractivity contribution in [1.29, 1.82) is 0 Å². The number of nitrogens with zero attached hydrogens (tertiary/aromatic N) is 2. The summed E-state index contributed by atoms with van der Waals surface area (Å²) in [7, 11) is -3.18. The quantitative estimate of drug-likeness (QED) is 0.624. The van der Waals surface area contributed by atoms with E-state index >= 15 is 0 Å². The van der Waals surface area contributed by atoms with Crippen LogP contribution in [0.15, 0.2) is 24.3 Å². The largest absolute Gasteiger partial charge is 0.376 e.